The first-order valence-electron chi connectivity index (χ1n) is 8.29. The summed E-state index contributed by atoms with van der Waals surface area (Å²) < 4.78 is 0. The fourth-order valence-corrected chi connectivity index (χ4v) is 2.83. The summed E-state index contributed by atoms with van der Waals surface area (Å²) in [5, 5.41) is 16.3. The van der Waals surface area contributed by atoms with E-state index in [9.17, 15) is 5.21 Å². The third kappa shape index (κ3) is 4.34. The van der Waals surface area contributed by atoms with Crippen molar-refractivity contribution < 1.29 is 5.21 Å². The average molecular weight is 324 g/mol. The number of anilines is 2. The van der Waals surface area contributed by atoms with Gasteiger partial charge in [0.25, 0.3) is 0 Å². The van der Waals surface area contributed by atoms with E-state index in [2.05, 4.69) is 27.3 Å². The highest BCUT2D eigenvalue weighted by molar-refractivity contribution is 6.02. The molecule has 2 N–H and O–H groups in total. The fraction of sp³-hybridized carbons (Fsp3) is 0.316. The highest BCUT2D eigenvalue weighted by atomic mass is 16.4. The molecule has 2 aromatic rings. The molecule has 1 fully saturated rings. The first-order chi connectivity index (χ1) is 11.7. The van der Waals surface area contributed by atoms with E-state index in [0.717, 1.165) is 43.1 Å². The highest BCUT2D eigenvalue weighted by Gasteiger charge is 2.16. The minimum atomic E-state index is 0.676. The van der Waals surface area contributed by atoms with Crippen molar-refractivity contribution >= 4 is 17.1 Å². The van der Waals surface area contributed by atoms with Crippen molar-refractivity contribution in [2.24, 2.45) is 5.16 Å². The van der Waals surface area contributed by atoms with Gasteiger partial charge < -0.3 is 15.4 Å². The molecule has 1 aliphatic rings. The van der Waals surface area contributed by atoms with Gasteiger partial charge in [-0.1, -0.05) is 35.5 Å². The van der Waals surface area contributed by atoms with Crippen LogP contribution in [0.15, 0.2) is 59.8 Å². The van der Waals surface area contributed by atoms with Crippen molar-refractivity contribution in [3.05, 3.63) is 60.2 Å². The summed E-state index contributed by atoms with van der Waals surface area (Å²) in [4.78, 5) is 4.64. The van der Waals surface area contributed by atoms with Crippen LogP contribution in [0.1, 0.15) is 5.56 Å². The molecule has 0 unspecified atom stereocenters. The van der Waals surface area contributed by atoms with E-state index >= 15 is 0 Å². The molecule has 0 aromatic heterocycles. The second kappa shape index (κ2) is 7.95. The normalized spacial score (nSPS) is 17.0. The van der Waals surface area contributed by atoms with Crippen molar-refractivity contribution in [2.75, 3.05) is 45.1 Å². The topological polar surface area (TPSA) is 51.1 Å². The van der Waals surface area contributed by atoms with E-state index in [1.54, 1.807) is 0 Å². The lowest BCUT2D eigenvalue weighted by atomic mass is 10.1. The number of piperazine rings is 1. The quantitative estimate of drug-likeness (QED) is 0.504. The van der Waals surface area contributed by atoms with Crippen LogP contribution in [0.2, 0.25) is 0 Å². The molecule has 0 aliphatic carbocycles. The Hall–Kier alpha value is -2.37. The molecule has 1 saturated heterocycles. The van der Waals surface area contributed by atoms with Gasteiger partial charge in [-0.15, -0.1) is 0 Å². The summed E-state index contributed by atoms with van der Waals surface area (Å²) in [5.41, 5.74) is 3.74. The molecule has 0 amide bonds. The van der Waals surface area contributed by atoms with Crippen LogP contribution in [-0.4, -0.2) is 60.5 Å². The summed E-state index contributed by atoms with van der Waals surface area (Å²) in [6.07, 6.45) is 0. The van der Waals surface area contributed by atoms with Crippen molar-refractivity contribution in [2.45, 2.75) is 0 Å². The lowest BCUT2D eigenvalue weighted by molar-refractivity contribution is 0.169. The van der Waals surface area contributed by atoms with Gasteiger partial charge in [0.1, 0.15) is 5.71 Å². The number of likely N-dealkylation sites (N-methyl/N-ethyl adjacent to an activating group) is 1. The second-order valence-corrected chi connectivity index (χ2v) is 6.19. The molecule has 0 bridgehead atoms. The Kier molecular flexibility index (Phi) is 5.46. The number of para-hydroxylation sites is 1. The second-order valence-electron chi connectivity index (χ2n) is 6.19. The minimum Gasteiger partial charge on any atom is -0.411 e. The van der Waals surface area contributed by atoms with Crippen LogP contribution in [0.25, 0.3) is 0 Å². The summed E-state index contributed by atoms with van der Waals surface area (Å²) in [7, 11) is 2.14. The van der Waals surface area contributed by atoms with E-state index in [0.29, 0.717) is 12.3 Å². The van der Waals surface area contributed by atoms with E-state index in [4.69, 9.17) is 0 Å². The maximum atomic E-state index is 9.40. The van der Waals surface area contributed by atoms with Crippen molar-refractivity contribution in [3.8, 4) is 0 Å². The molecule has 0 spiro atoms. The standard InChI is InChI=1S/C19H24N4O/c1-22-11-13-23(14-12-22)15-19(21-24)16-7-9-18(10-8-16)20-17-5-3-2-4-6-17/h2-10,20,24H,11-15H2,1H3. The van der Waals surface area contributed by atoms with Crippen LogP contribution in [0.5, 0.6) is 0 Å². The number of hydrogen-bond donors (Lipinski definition) is 2. The van der Waals surface area contributed by atoms with E-state index < -0.39 is 0 Å². The zero-order valence-corrected chi connectivity index (χ0v) is 14.0. The molecule has 126 valence electrons. The van der Waals surface area contributed by atoms with Gasteiger partial charge in [-0.2, -0.15) is 0 Å². The molecular weight excluding hydrogens is 300 g/mol. The van der Waals surface area contributed by atoms with Crippen LogP contribution >= 0.6 is 0 Å². The van der Waals surface area contributed by atoms with Crippen LogP contribution < -0.4 is 5.32 Å². The Morgan fingerprint density at radius 2 is 1.58 bits per heavy atom. The molecule has 24 heavy (non-hydrogen) atoms. The number of oxime groups is 1. The first kappa shape index (κ1) is 16.5. The van der Waals surface area contributed by atoms with E-state index in [-0.39, 0.29) is 0 Å². The van der Waals surface area contributed by atoms with Gasteiger partial charge in [0.2, 0.25) is 0 Å². The van der Waals surface area contributed by atoms with Gasteiger partial charge in [0, 0.05) is 49.7 Å². The Morgan fingerprint density at radius 3 is 2.21 bits per heavy atom. The molecule has 3 rings (SSSR count). The minimum absolute atomic E-state index is 0.676. The summed E-state index contributed by atoms with van der Waals surface area (Å²) >= 11 is 0. The lowest BCUT2D eigenvalue weighted by Crippen LogP contribution is -2.46. The number of nitrogens with one attached hydrogen (secondary N) is 1. The van der Waals surface area contributed by atoms with Gasteiger partial charge in [-0.05, 0) is 31.3 Å². The Balaban J connectivity index is 1.63. The monoisotopic (exact) mass is 324 g/mol. The predicted octanol–water partition coefficient (Wildman–Crippen LogP) is 2.86. The molecule has 1 heterocycles. The average Bonchev–Trinajstić information content (AvgIpc) is 2.63. The molecule has 5 nitrogen and oxygen atoms in total. The zero-order chi connectivity index (χ0) is 16.8. The maximum absolute atomic E-state index is 9.40. The van der Waals surface area contributed by atoms with Crippen molar-refractivity contribution in [1.29, 1.82) is 0 Å². The van der Waals surface area contributed by atoms with Crippen molar-refractivity contribution in [3.63, 3.8) is 0 Å². The van der Waals surface area contributed by atoms with Crippen LogP contribution in [0.4, 0.5) is 11.4 Å². The first-order valence-corrected chi connectivity index (χ1v) is 8.29. The molecule has 2 aromatic carbocycles. The Bertz CT molecular complexity index is 662. The molecule has 0 saturated carbocycles. The third-order valence-electron chi connectivity index (χ3n) is 4.37. The number of rotatable bonds is 5. The van der Waals surface area contributed by atoms with Crippen molar-refractivity contribution in [1.82, 2.24) is 9.80 Å². The molecule has 0 atom stereocenters. The van der Waals surface area contributed by atoms with Gasteiger partial charge in [-0.25, -0.2) is 0 Å². The maximum Gasteiger partial charge on any atom is 0.101 e. The number of nitrogens with zero attached hydrogens (tertiary/aromatic N) is 3. The molecule has 0 radical (unpaired) electrons. The van der Waals surface area contributed by atoms with Gasteiger partial charge in [0.05, 0.1) is 0 Å². The number of hydrogen-bond acceptors (Lipinski definition) is 5. The highest BCUT2D eigenvalue weighted by Crippen LogP contribution is 2.17. The molecule has 5 heteroatoms. The van der Waals surface area contributed by atoms with Gasteiger partial charge in [0.15, 0.2) is 0 Å². The smallest absolute Gasteiger partial charge is 0.101 e. The van der Waals surface area contributed by atoms with Crippen LogP contribution in [0.3, 0.4) is 0 Å². The van der Waals surface area contributed by atoms with Crippen LogP contribution in [0, 0.1) is 0 Å². The zero-order valence-electron chi connectivity index (χ0n) is 14.0. The number of benzene rings is 2. The predicted molar refractivity (Wildman–Crippen MR) is 98.4 cm³/mol. The third-order valence-corrected chi connectivity index (χ3v) is 4.37. The van der Waals surface area contributed by atoms with E-state index in [1.807, 2.05) is 54.6 Å². The van der Waals surface area contributed by atoms with Gasteiger partial charge in [-0.3, -0.25) is 4.90 Å². The fourth-order valence-electron chi connectivity index (χ4n) is 2.83. The summed E-state index contributed by atoms with van der Waals surface area (Å²) in [6.45, 7) is 4.79. The largest absolute Gasteiger partial charge is 0.411 e. The Labute approximate surface area is 143 Å². The Morgan fingerprint density at radius 1 is 0.958 bits per heavy atom. The van der Waals surface area contributed by atoms with E-state index in [1.165, 1.54) is 0 Å². The molecule has 1 aliphatic heterocycles. The lowest BCUT2D eigenvalue weighted by Gasteiger charge is -2.32. The molecular formula is C19H24N4O. The SMILES string of the molecule is CN1CCN(CC(=NO)c2ccc(Nc3ccccc3)cc2)CC1. The summed E-state index contributed by atoms with van der Waals surface area (Å²) in [5.74, 6) is 0. The van der Waals surface area contributed by atoms with Crippen LogP contribution in [-0.2, 0) is 0 Å². The van der Waals surface area contributed by atoms with Gasteiger partial charge >= 0.3 is 0 Å². The summed E-state index contributed by atoms with van der Waals surface area (Å²) in [6, 6.07) is 18.1.